The molecule has 1 amide bonds. The average molecular weight is 425 g/mol. The fourth-order valence-electron chi connectivity index (χ4n) is 3.30. The molecule has 2 aromatic carbocycles. The van der Waals surface area contributed by atoms with Crippen molar-refractivity contribution < 1.29 is 14.7 Å². The number of aliphatic hydroxyl groups excluding tert-OH is 1. The zero-order valence-corrected chi connectivity index (χ0v) is 17.3. The van der Waals surface area contributed by atoms with Crippen molar-refractivity contribution in [2.45, 2.75) is 19.9 Å². The minimum Gasteiger partial charge on any atom is -0.507 e. The van der Waals surface area contributed by atoms with Crippen molar-refractivity contribution in [3.05, 3.63) is 86.9 Å². The molecule has 2 heterocycles. The lowest BCUT2D eigenvalue weighted by atomic mass is 9.95. The van der Waals surface area contributed by atoms with Crippen molar-refractivity contribution in [3.63, 3.8) is 0 Å². The highest BCUT2D eigenvalue weighted by molar-refractivity contribution is 7.16. The predicted octanol–water partition coefficient (Wildman–Crippen LogP) is 5.04. The minimum atomic E-state index is -0.767. The maximum Gasteiger partial charge on any atom is 0.301 e. The van der Waals surface area contributed by atoms with Gasteiger partial charge in [0, 0.05) is 15.5 Å². The molecule has 0 radical (unpaired) electrons. The largest absolute Gasteiger partial charge is 0.507 e. The topological polar surface area (TPSA) is 70.5 Å². The van der Waals surface area contributed by atoms with Crippen LogP contribution in [0.25, 0.3) is 5.76 Å². The van der Waals surface area contributed by atoms with E-state index in [1.807, 2.05) is 44.2 Å². The van der Waals surface area contributed by atoms with Crippen LogP contribution in [0, 0.1) is 13.8 Å². The highest BCUT2D eigenvalue weighted by Crippen LogP contribution is 2.43. The summed E-state index contributed by atoms with van der Waals surface area (Å²) >= 11 is 7.29. The van der Waals surface area contributed by atoms with E-state index in [4.69, 9.17) is 11.6 Å². The van der Waals surface area contributed by atoms with Gasteiger partial charge in [-0.25, -0.2) is 4.98 Å². The number of rotatable bonds is 3. The van der Waals surface area contributed by atoms with E-state index in [2.05, 4.69) is 4.98 Å². The summed E-state index contributed by atoms with van der Waals surface area (Å²) < 4.78 is 0. The molecule has 3 aromatic rings. The Morgan fingerprint density at radius 2 is 1.72 bits per heavy atom. The number of anilines is 1. The molecule has 146 valence electrons. The predicted molar refractivity (Wildman–Crippen MR) is 114 cm³/mol. The van der Waals surface area contributed by atoms with Gasteiger partial charge in [-0.3, -0.25) is 14.5 Å². The number of aromatic nitrogens is 1. The van der Waals surface area contributed by atoms with Gasteiger partial charge in [0.1, 0.15) is 5.76 Å². The third-order valence-corrected chi connectivity index (χ3v) is 6.22. The molecule has 0 unspecified atom stereocenters. The van der Waals surface area contributed by atoms with E-state index in [1.165, 1.54) is 16.2 Å². The van der Waals surface area contributed by atoms with Crippen LogP contribution in [-0.2, 0) is 9.59 Å². The zero-order chi connectivity index (χ0) is 20.7. The molecule has 4 rings (SSSR count). The Morgan fingerprint density at radius 3 is 2.31 bits per heavy atom. The van der Waals surface area contributed by atoms with Crippen LogP contribution in [0.2, 0.25) is 5.02 Å². The summed E-state index contributed by atoms with van der Waals surface area (Å²) in [5.74, 6) is -1.68. The molecule has 1 aromatic heterocycles. The molecule has 0 aliphatic carbocycles. The fraction of sp³-hybridized carbons (Fsp3) is 0.136. The molecule has 1 aliphatic rings. The molecular formula is C22H17ClN2O3S. The Labute approximate surface area is 176 Å². The van der Waals surface area contributed by atoms with Crippen molar-refractivity contribution in [1.29, 1.82) is 0 Å². The number of halogens is 1. The first kappa shape index (κ1) is 19.4. The zero-order valence-electron chi connectivity index (χ0n) is 15.7. The van der Waals surface area contributed by atoms with Crippen LogP contribution >= 0.6 is 22.9 Å². The lowest BCUT2D eigenvalue weighted by molar-refractivity contribution is -0.132. The van der Waals surface area contributed by atoms with Gasteiger partial charge in [0.05, 0.1) is 17.3 Å². The van der Waals surface area contributed by atoms with Crippen LogP contribution in [0.15, 0.2) is 60.2 Å². The number of hydrogen-bond donors (Lipinski definition) is 1. The molecule has 5 nitrogen and oxygen atoms in total. The van der Waals surface area contributed by atoms with Crippen molar-refractivity contribution in [1.82, 2.24) is 4.98 Å². The summed E-state index contributed by atoms with van der Waals surface area (Å²) in [7, 11) is 0. The lowest BCUT2D eigenvalue weighted by Crippen LogP contribution is -2.29. The van der Waals surface area contributed by atoms with Gasteiger partial charge in [-0.15, -0.1) is 11.3 Å². The Hall–Kier alpha value is -2.96. The van der Waals surface area contributed by atoms with Gasteiger partial charge in [0.2, 0.25) is 0 Å². The average Bonchev–Trinajstić information content (AvgIpc) is 3.18. The number of aliphatic hydroxyl groups is 1. The van der Waals surface area contributed by atoms with Crippen molar-refractivity contribution in [3.8, 4) is 0 Å². The summed E-state index contributed by atoms with van der Waals surface area (Å²) in [5.41, 5.74) is 1.97. The highest BCUT2D eigenvalue weighted by Gasteiger charge is 2.48. The normalized spacial score (nSPS) is 18.4. The van der Waals surface area contributed by atoms with Crippen LogP contribution in [-0.4, -0.2) is 21.8 Å². The fourth-order valence-corrected chi connectivity index (χ4v) is 4.37. The third kappa shape index (κ3) is 3.34. The first-order valence-electron chi connectivity index (χ1n) is 8.94. The molecular weight excluding hydrogens is 408 g/mol. The van der Waals surface area contributed by atoms with Crippen LogP contribution in [0.5, 0.6) is 0 Å². The molecule has 29 heavy (non-hydrogen) atoms. The summed E-state index contributed by atoms with van der Waals surface area (Å²) in [6.45, 7) is 3.77. The van der Waals surface area contributed by atoms with E-state index in [0.29, 0.717) is 21.3 Å². The van der Waals surface area contributed by atoms with Crippen LogP contribution in [0.3, 0.4) is 0 Å². The van der Waals surface area contributed by atoms with E-state index >= 15 is 0 Å². The lowest BCUT2D eigenvalue weighted by Gasteiger charge is -2.23. The first-order valence-corrected chi connectivity index (χ1v) is 10.1. The Balaban J connectivity index is 1.94. The van der Waals surface area contributed by atoms with E-state index in [1.54, 1.807) is 24.3 Å². The smallest absolute Gasteiger partial charge is 0.301 e. The number of nitrogens with zero attached hydrogens (tertiary/aromatic N) is 2. The van der Waals surface area contributed by atoms with Crippen molar-refractivity contribution in [2.75, 3.05) is 4.90 Å². The number of thiazole rings is 1. The molecule has 1 saturated heterocycles. The van der Waals surface area contributed by atoms with Gasteiger partial charge in [-0.2, -0.15) is 0 Å². The number of carbonyl (C=O) groups excluding carboxylic acids is 2. The van der Waals surface area contributed by atoms with Crippen LogP contribution in [0.1, 0.15) is 27.7 Å². The monoisotopic (exact) mass is 424 g/mol. The van der Waals surface area contributed by atoms with Gasteiger partial charge in [0.15, 0.2) is 5.13 Å². The minimum absolute atomic E-state index is 0.0361. The van der Waals surface area contributed by atoms with Gasteiger partial charge in [-0.05, 0) is 43.7 Å². The maximum atomic E-state index is 13.0. The van der Waals surface area contributed by atoms with Gasteiger partial charge in [-0.1, -0.05) is 41.9 Å². The summed E-state index contributed by atoms with van der Waals surface area (Å²) in [5, 5.41) is 11.9. The van der Waals surface area contributed by atoms with Gasteiger partial charge >= 0.3 is 5.91 Å². The number of carbonyl (C=O) groups is 2. The number of aryl methyl sites for hydroxylation is 2. The molecule has 1 atom stereocenters. The van der Waals surface area contributed by atoms with Gasteiger partial charge in [0.25, 0.3) is 5.78 Å². The van der Waals surface area contributed by atoms with E-state index in [9.17, 15) is 14.7 Å². The number of amides is 1. The summed E-state index contributed by atoms with van der Waals surface area (Å²) in [6, 6.07) is 14.9. The number of ketones is 1. The summed E-state index contributed by atoms with van der Waals surface area (Å²) in [6.07, 6.45) is 0. The second-order valence-electron chi connectivity index (χ2n) is 6.72. The summed E-state index contributed by atoms with van der Waals surface area (Å²) in [4.78, 5) is 32.8. The van der Waals surface area contributed by atoms with E-state index in [-0.39, 0.29) is 11.3 Å². The highest BCUT2D eigenvalue weighted by atomic mass is 35.5. The maximum absolute atomic E-state index is 13.0. The van der Waals surface area contributed by atoms with Crippen LogP contribution in [0.4, 0.5) is 5.13 Å². The van der Waals surface area contributed by atoms with Crippen LogP contribution < -0.4 is 4.90 Å². The molecule has 1 fully saturated rings. The first-order chi connectivity index (χ1) is 13.9. The van der Waals surface area contributed by atoms with E-state index in [0.717, 1.165) is 10.6 Å². The molecule has 0 saturated carbocycles. The molecule has 0 bridgehead atoms. The second kappa shape index (κ2) is 7.46. The molecule has 1 aliphatic heterocycles. The molecule has 1 N–H and O–H groups in total. The number of hydrogen-bond acceptors (Lipinski definition) is 5. The van der Waals surface area contributed by atoms with Crippen molar-refractivity contribution in [2.24, 2.45) is 0 Å². The Kier molecular flexibility index (Phi) is 4.98. The van der Waals surface area contributed by atoms with Gasteiger partial charge < -0.3 is 5.11 Å². The molecule has 7 heteroatoms. The quantitative estimate of drug-likeness (QED) is 0.363. The number of Topliss-reactive ketones (excluding diaryl/α,β-unsaturated/α-hetero) is 1. The SMILES string of the molecule is Cc1nc(N2C(=O)C(=O)/C(=C(/O)c3ccc(Cl)cc3)[C@H]2c2ccccc2)sc1C. The molecule has 0 spiro atoms. The van der Waals surface area contributed by atoms with E-state index < -0.39 is 17.7 Å². The third-order valence-electron chi connectivity index (χ3n) is 4.90. The Morgan fingerprint density at radius 1 is 1.07 bits per heavy atom. The van der Waals surface area contributed by atoms with Crippen molar-refractivity contribution >= 4 is 45.5 Å². The second-order valence-corrected chi connectivity index (χ2v) is 8.34. The standard InChI is InChI=1S/C22H17ClN2O3S/c1-12-13(2)29-22(24-12)25-18(14-6-4-3-5-7-14)17(20(27)21(25)28)19(26)15-8-10-16(23)11-9-15/h3-11,18,26H,1-2H3/b19-17+/t18-/m1/s1. The number of benzene rings is 2. The Bertz CT molecular complexity index is 1120.